The number of hydrogen-bond acceptors (Lipinski definition) is 5. The Bertz CT molecular complexity index is 1040. The van der Waals surface area contributed by atoms with Crippen LogP contribution in [0.1, 0.15) is 29.8 Å². The minimum absolute atomic E-state index is 0.142. The third-order valence-corrected chi connectivity index (χ3v) is 5.79. The van der Waals surface area contributed by atoms with Crippen molar-refractivity contribution < 1.29 is 14.3 Å². The molecule has 7 heteroatoms. The molecule has 7 nitrogen and oxygen atoms in total. The van der Waals surface area contributed by atoms with Gasteiger partial charge in [0.05, 0.1) is 25.6 Å². The number of likely N-dealkylation sites (tertiary alicyclic amines) is 1. The van der Waals surface area contributed by atoms with Gasteiger partial charge >= 0.3 is 0 Å². The lowest BCUT2D eigenvalue weighted by molar-refractivity contribution is 0.0939. The predicted octanol–water partition coefficient (Wildman–Crippen LogP) is 3.77. The summed E-state index contributed by atoms with van der Waals surface area (Å²) in [4.78, 5) is 15.5. The molecular formula is C25H30N4O3. The molecular weight excluding hydrogens is 404 g/mol. The standard InChI is InChI=1S/C25H30N4O3/c1-31-20-11-12-21(24(17-20)32-2)22-18-23(29(27-22)19-9-5-3-6-10-19)25(30)26-13-16-28-14-7-4-8-15-28/h3,5-6,9-12,17-18H,4,7-8,13-16H2,1-2H3,(H,26,30). The number of nitrogens with zero attached hydrogens (tertiary/aromatic N) is 3. The quantitative estimate of drug-likeness (QED) is 0.585. The van der Waals surface area contributed by atoms with Crippen LogP contribution in [0.3, 0.4) is 0 Å². The number of carbonyl (C=O) groups excluding carboxylic acids is 1. The number of amides is 1. The summed E-state index contributed by atoms with van der Waals surface area (Å²) >= 11 is 0. The summed E-state index contributed by atoms with van der Waals surface area (Å²) in [5.74, 6) is 1.19. The molecule has 0 bridgehead atoms. The molecule has 0 aliphatic carbocycles. The average Bonchev–Trinajstić information content (AvgIpc) is 3.30. The molecule has 1 N–H and O–H groups in total. The van der Waals surface area contributed by atoms with E-state index in [1.54, 1.807) is 18.9 Å². The van der Waals surface area contributed by atoms with Crippen LogP contribution in [-0.2, 0) is 0 Å². The van der Waals surface area contributed by atoms with Crippen molar-refractivity contribution >= 4 is 5.91 Å². The monoisotopic (exact) mass is 434 g/mol. The van der Waals surface area contributed by atoms with Crippen molar-refractivity contribution in [1.82, 2.24) is 20.0 Å². The second-order valence-electron chi connectivity index (χ2n) is 7.89. The molecule has 0 unspecified atom stereocenters. The third kappa shape index (κ3) is 4.94. The number of aromatic nitrogens is 2. The van der Waals surface area contributed by atoms with Gasteiger partial charge in [0, 0.05) is 24.7 Å². The van der Waals surface area contributed by atoms with Crippen LogP contribution in [0, 0.1) is 0 Å². The van der Waals surface area contributed by atoms with Crippen molar-refractivity contribution in [2.75, 3.05) is 40.4 Å². The maximum Gasteiger partial charge on any atom is 0.270 e. The minimum atomic E-state index is -0.142. The van der Waals surface area contributed by atoms with Gasteiger partial charge in [0.15, 0.2) is 0 Å². The van der Waals surface area contributed by atoms with Crippen LogP contribution in [0.15, 0.2) is 54.6 Å². The zero-order valence-corrected chi connectivity index (χ0v) is 18.7. The van der Waals surface area contributed by atoms with Crippen LogP contribution >= 0.6 is 0 Å². The Hall–Kier alpha value is -3.32. The molecule has 1 amide bonds. The second-order valence-corrected chi connectivity index (χ2v) is 7.89. The number of ether oxygens (including phenoxy) is 2. The number of nitrogens with one attached hydrogen (secondary N) is 1. The molecule has 3 aromatic rings. The Balaban J connectivity index is 1.61. The molecule has 0 radical (unpaired) electrons. The summed E-state index contributed by atoms with van der Waals surface area (Å²) < 4.78 is 12.5. The minimum Gasteiger partial charge on any atom is -0.497 e. The van der Waals surface area contributed by atoms with Gasteiger partial charge in [-0.15, -0.1) is 0 Å². The first kappa shape index (κ1) is 21.9. The van der Waals surface area contributed by atoms with Gasteiger partial charge in [-0.1, -0.05) is 24.6 Å². The van der Waals surface area contributed by atoms with Gasteiger partial charge < -0.3 is 19.7 Å². The van der Waals surface area contributed by atoms with E-state index < -0.39 is 0 Å². The Morgan fingerprint density at radius 1 is 1.00 bits per heavy atom. The van der Waals surface area contributed by atoms with Crippen molar-refractivity contribution in [3.05, 3.63) is 60.3 Å². The van der Waals surface area contributed by atoms with E-state index in [9.17, 15) is 4.79 Å². The second kappa shape index (κ2) is 10.3. The molecule has 1 aliphatic rings. The largest absolute Gasteiger partial charge is 0.497 e. The van der Waals surface area contributed by atoms with E-state index in [2.05, 4.69) is 10.2 Å². The fraction of sp³-hybridized carbons (Fsp3) is 0.360. The topological polar surface area (TPSA) is 68.6 Å². The first-order valence-electron chi connectivity index (χ1n) is 11.1. The zero-order chi connectivity index (χ0) is 22.3. The maximum absolute atomic E-state index is 13.1. The Morgan fingerprint density at radius 3 is 2.50 bits per heavy atom. The van der Waals surface area contributed by atoms with Crippen molar-refractivity contribution in [2.45, 2.75) is 19.3 Å². The van der Waals surface area contributed by atoms with Gasteiger partial charge in [-0.05, 0) is 56.3 Å². The van der Waals surface area contributed by atoms with Crippen molar-refractivity contribution in [3.63, 3.8) is 0 Å². The summed E-state index contributed by atoms with van der Waals surface area (Å²) in [6.45, 7) is 3.70. The number of piperidine rings is 1. The summed E-state index contributed by atoms with van der Waals surface area (Å²) in [6.07, 6.45) is 3.78. The smallest absolute Gasteiger partial charge is 0.270 e. The highest BCUT2D eigenvalue weighted by Gasteiger charge is 2.20. The highest BCUT2D eigenvalue weighted by Crippen LogP contribution is 2.33. The highest BCUT2D eigenvalue weighted by molar-refractivity contribution is 5.94. The lowest BCUT2D eigenvalue weighted by Crippen LogP contribution is -2.38. The lowest BCUT2D eigenvalue weighted by atomic mass is 10.1. The summed E-state index contributed by atoms with van der Waals surface area (Å²) in [5, 5.41) is 7.83. The molecule has 1 saturated heterocycles. The van der Waals surface area contributed by atoms with Crippen molar-refractivity contribution in [3.8, 4) is 28.4 Å². The fourth-order valence-electron chi connectivity index (χ4n) is 4.05. The van der Waals surface area contributed by atoms with Crippen LogP contribution in [0.25, 0.3) is 16.9 Å². The van der Waals surface area contributed by atoms with Crippen molar-refractivity contribution in [1.29, 1.82) is 0 Å². The Kier molecular flexibility index (Phi) is 7.07. The van der Waals surface area contributed by atoms with E-state index in [0.29, 0.717) is 29.4 Å². The molecule has 168 valence electrons. The molecule has 2 aromatic carbocycles. The molecule has 0 spiro atoms. The van der Waals surface area contributed by atoms with E-state index in [-0.39, 0.29) is 5.91 Å². The van der Waals surface area contributed by atoms with E-state index in [1.807, 2.05) is 54.6 Å². The van der Waals surface area contributed by atoms with Crippen LogP contribution in [0.5, 0.6) is 11.5 Å². The van der Waals surface area contributed by atoms with E-state index in [0.717, 1.165) is 30.9 Å². The number of carbonyl (C=O) groups is 1. The third-order valence-electron chi connectivity index (χ3n) is 5.79. The van der Waals surface area contributed by atoms with Crippen molar-refractivity contribution in [2.24, 2.45) is 0 Å². The van der Waals surface area contributed by atoms with Crippen LogP contribution in [-0.4, -0.2) is 61.0 Å². The Morgan fingerprint density at radius 2 is 1.78 bits per heavy atom. The van der Waals surface area contributed by atoms with Gasteiger partial charge in [0.25, 0.3) is 5.91 Å². The zero-order valence-electron chi connectivity index (χ0n) is 18.7. The summed E-state index contributed by atoms with van der Waals surface area (Å²) in [5.41, 5.74) is 2.77. The van der Waals surface area contributed by atoms with Gasteiger partial charge in [-0.3, -0.25) is 4.79 Å². The Labute approximate surface area is 188 Å². The molecule has 4 rings (SSSR count). The van der Waals surface area contributed by atoms with E-state index >= 15 is 0 Å². The summed E-state index contributed by atoms with van der Waals surface area (Å²) in [7, 11) is 3.23. The average molecular weight is 435 g/mol. The van der Waals surface area contributed by atoms with Gasteiger partial charge in [0.1, 0.15) is 17.2 Å². The number of rotatable bonds is 8. The molecule has 2 heterocycles. The van der Waals surface area contributed by atoms with Crippen LogP contribution < -0.4 is 14.8 Å². The molecule has 1 aromatic heterocycles. The first-order valence-corrected chi connectivity index (χ1v) is 11.1. The number of methoxy groups -OCH3 is 2. The fourth-order valence-corrected chi connectivity index (χ4v) is 4.05. The molecule has 0 saturated carbocycles. The van der Waals surface area contributed by atoms with E-state index in [1.165, 1.54) is 19.3 Å². The highest BCUT2D eigenvalue weighted by atomic mass is 16.5. The van der Waals surface area contributed by atoms with E-state index in [4.69, 9.17) is 14.6 Å². The maximum atomic E-state index is 13.1. The van der Waals surface area contributed by atoms with Gasteiger partial charge in [-0.2, -0.15) is 5.10 Å². The SMILES string of the molecule is COc1ccc(-c2cc(C(=O)NCCN3CCCCC3)n(-c3ccccc3)n2)c(OC)c1. The van der Waals surface area contributed by atoms with Crippen LogP contribution in [0.2, 0.25) is 0 Å². The molecule has 32 heavy (non-hydrogen) atoms. The number of hydrogen-bond donors (Lipinski definition) is 1. The van der Waals surface area contributed by atoms with Gasteiger partial charge in [-0.25, -0.2) is 4.68 Å². The normalized spacial score (nSPS) is 14.2. The number of benzene rings is 2. The van der Waals surface area contributed by atoms with Gasteiger partial charge in [0.2, 0.25) is 0 Å². The summed E-state index contributed by atoms with van der Waals surface area (Å²) in [6, 6.07) is 17.1. The predicted molar refractivity (Wildman–Crippen MR) is 125 cm³/mol. The molecule has 0 atom stereocenters. The first-order chi connectivity index (χ1) is 15.7. The molecule has 1 fully saturated rings. The van der Waals surface area contributed by atoms with Crippen LogP contribution in [0.4, 0.5) is 0 Å². The molecule has 1 aliphatic heterocycles. The number of para-hydroxylation sites is 1. The lowest BCUT2D eigenvalue weighted by Gasteiger charge is -2.26.